The van der Waals surface area contributed by atoms with E-state index in [-0.39, 0.29) is 5.92 Å². The van der Waals surface area contributed by atoms with Gasteiger partial charge in [-0.1, -0.05) is 13.8 Å². The average molecular weight is 191 g/mol. The van der Waals surface area contributed by atoms with Crippen LogP contribution in [0.5, 0.6) is 0 Å². The van der Waals surface area contributed by atoms with Crippen molar-refractivity contribution < 1.29 is 8.78 Å². The van der Waals surface area contributed by atoms with Crippen molar-refractivity contribution in [3.63, 3.8) is 0 Å². The molecule has 1 unspecified atom stereocenters. The number of halogens is 2. The Hall–Kier alpha value is -0.180. The predicted octanol–water partition coefficient (Wildman–Crippen LogP) is 2.80. The molecule has 1 saturated carbocycles. The van der Waals surface area contributed by atoms with Crippen LogP contribution in [-0.4, -0.2) is 11.5 Å². The van der Waals surface area contributed by atoms with Crippen molar-refractivity contribution in [1.82, 2.24) is 0 Å². The summed E-state index contributed by atoms with van der Waals surface area (Å²) in [7, 11) is 0. The largest absolute Gasteiger partial charge is 0.325 e. The van der Waals surface area contributed by atoms with Gasteiger partial charge in [0.2, 0.25) is 5.92 Å². The molecule has 1 aliphatic carbocycles. The van der Waals surface area contributed by atoms with Crippen LogP contribution in [0, 0.1) is 11.8 Å². The van der Waals surface area contributed by atoms with Crippen LogP contribution in [0.3, 0.4) is 0 Å². The second-order valence-electron chi connectivity index (χ2n) is 4.87. The Balaban J connectivity index is 2.66. The van der Waals surface area contributed by atoms with E-state index >= 15 is 0 Å². The molecule has 0 heterocycles. The molecule has 2 N–H and O–H groups in total. The first-order chi connectivity index (χ1) is 5.76. The van der Waals surface area contributed by atoms with Crippen LogP contribution in [0.1, 0.15) is 40.0 Å². The summed E-state index contributed by atoms with van der Waals surface area (Å²) >= 11 is 0. The maximum absolute atomic E-state index is 13.2. The highest BCUT2D eigenvalue weighted by molar-refractivity contribution is 5.07. The smallest absolute Gasteiger partial charge is 0.249 e. The number of hydrogen-bond donors (Lipinski definition) is 1. The number of nitrogens with two attached hydrogens (primary N) is 1. The molecule has 0 radical (unpaired) electrons. The van der Waals surface area contributed by atoms with E-state index in [4.69, 9.17) is 5.73 Å². The van der Waals surface area contributed by atoms with Gasteiger partial charge in [-0.3, -0.25) is 0 Å². The van der Waals surface area contributed by atoms with E-state index in [1.54, 1.807) is 0 Å². The Morgan fingerprint density at radius 3 is 2.08 bits per heavy atom. The molecule has 0 amide bonds. The van der Waals surface area contributed by atoms with Gasteiger partial charge < -0.3 is 5.73 Å². The summed E-state index contributed by atoms with van der Waals surface area (Å²) in [6, 6.07) is 0. The van der Waals surface area contributed by atoms with Crippen molar-refractivity contribution >= 4 is 0 Å². The van der Waals surface area contributed by atoms with Crippen LogP contribution in [0.2, 0.25) is 0 Å². The molecule has 3 heteroatoms. The summed E-state index contributed by atoms with van der Waals surface area (Å²) in [5.74, 6) is -2.98. The lowest BCUT2D eigenvalue weighted by Crippen LogP contribution is -2.43. The molecule has 0 bridgehead atoms. The minimum Gasteiger partial charge on any atom is -0.325 e. The Kier molecular flexibility index (Phi) is 2.68. The molecule has 0 spiro atoms. The molecular weight excluding hydrogens is 172 g/mol. The lowest BCUT2D eigenvalue weighted by atomic mass is 9.84. The fraction of sp³-hybridized carbons (Fsp3) is 1.00. The van der Waals surface area contributed by atoms with Crippen molar-refractivity contribution in [1.29, 1.82) is 0 Å². The molecule has 78 valence electrons. The molecule has 0 aromatic rings. The van der Waals surface area contributed by atoms with Crippen LogP contribution >= 0.6 is 0 Å². The van der Waals surface area contributed by atoms with Crippen LogP contribution in [0.25, 0.3) is 0 Å². The van der Waals surface area contributed by atoms with E-state index in [0.717, 1.165) is 19.8 Å². The summed E-state index contributed by atoms with van der Waals surface area (Å²) in [5.41, 5.74) is 5.28. The zero-order valence-corrected chi connectivity index (χ0v) is 8.61. The summed E-state index contributed by atoms with van der Waals surface area (Å²) in [6.07, 6.45) is 2.04. The maximum atomic E-state index is 13.2. The third-order valence-corrected chi connectivity index (χ3v) is 2.84. The lowest BCUT2D eigenvalue weighted by molar-refractivity contribution is -0.0612. The fourth-order valence-electron chi connectivity index (χ4n) is 1.91. The first-order valence-electron chi connectivity index (χ1n) is 4.92. The molecule has 0 aliphatic heterocycles. The molecule has 1 fully saturated rings. The van der Waals surface area contributed by atoms with Crippen molar-refractivity contribution in [2.45, 2.75) is 51.5 Å². The van der Waals surface area contributed by atoms with Crippen LogP contribution in [0.4, 0.5) is 8.78 Å². The van der Waals surface area contributed by atoms with Crippen molar-refractivity contribution in [3.8, 4) is 0 Å². The van der Waals surface area contributed by atoms with E-state index in [0.29, 0.717) is 6.42 Å². The summed E-state index contributed by atoms with van der Waals surface area (Å²) < 4.78 is 26.4. The molecule has 0 aromatic heterocycles. The Bertz CT molecular complexity index is 175. The molecular formula is C10H19F2N. The van der Waals surface area contributed by atoms with Gasteiger partial charge in [0.25, 0.3) is 0 Å². The first kappa shape index (κ1) is 10.9. The van der Waals surface area contributed by atoms with Crippen molar-refractivity contribution in [3.05, 3.63) is 0 Å². The highest BCUT2D eigenvalue weighted by Gasteiger charge is 2.54. The number of alkyl halides is 2. The van der Waals surface area contributed by atoms with Gasteiger partial charge >= 0.3 is 0 Å². The number of rotatable bonds is 4. The van der Waals surface area contributed by atoms with Crippen LogP contribution in [0.15, 0.2) is 0 Å². The summed E-state index contributed by atoms with van der Waals surface area (Å²) in [6.45, 7) is 4.92. The molecule has 1 aliphatic rings. The SMILES string of the molecule is CC(C)CC(C(C)(F)F)C1(N)CC1. The third-order valence-electron chi connectivity index (χ3n) is 2.84. The molecule has 13 heavy (non-hydrogen) atoms. The second kappa shape index (κ2) is 3.19. The summed E-state index contributed by atoms with van der Waals surface area (Å²) in [4.78, 5) is 0. The van der Waals surface area contributed by atoms with Crippen LogP contribution in [-0.2, 0) is 0 Å². The van der Waals surface area contributed by atoms with Gasteiger partial charge in [0.1, 0.15) is 0 Å². The van der Waals surface area contributed by atoms with Gasteiger partial charge in [-0.25, -0.2) is 8.78 Å². The molecule has 0 aromatic carbocycles. The summed E-state index contributed by atoms with van der Waals surface area (Å²) in [5, 5.41) is 0. The van der Waals surface area contributed by atoms with Gasteiger partial charge in [0.15, 0.2) is 0 Å². The monoisotopic (exact) mass is 191 g/mol. The molecule has 1 atom stereocenters. The molecule has 0 saturated heterocycles. The predicted molar refractivity (Wildman–Crippen MR) is 49.7 cm³/mol. The maximum Gasteiger partial charge on any atom is 0.249 e. The van der Waals surface area contributed by atoms with E-state index in [2.05, 4.69) is 0 Å². The minimum atomic E-state index is -2.63. The van der Waals surface area contributed by atoms with E-state index in [9.17, 15) is 8.78 Å². The quantitative estimate of drug-likeness (QED) is 0.726. The van der Waals surface area contributed by atoms with Crippen LogP contribution < -0.4 is 5.73 Å². The zero-order chi connectivity index (χ0) is 10.3. The molecule has 1 rings (SSSR count). The zero-order valence-electron chi connectivity index (χ0n) is 8.61. The van der Waals surface area contributed by atoms with E-state index in [1.807, 2.05) is 13.8 Å². The third kappa shape index (κ3) is 2.63. The standard InChI is InChI=1S/C10H19F2N/c1-7(2)6-8(9(3,11)12)10(13)4-5-10/h7-8H,4-6,13H2,1-3H3. The first-order valence-corrected chi connectivity index (χ1v) is 4.92. The fourth-order valence-corrected chi connectivity index (χ4v) is 1.91. The Labute approximate surface area is 78.7 Å². The molecule has 1 nitrogen and oxygen atoms in total. The second-order valence-corrected chi connectivity index (χ2v) is 4.87. The van der Waals surface area contributed by atoms with E-state index < -0.39 is 17.4 Å². The lowest BCUT2D eigenvalue weighted by Gasteiger charge is -2.30. The normalized spacial score (nSPS) is 23.3. The van der Waals surface area contributed by atoms with Gasteiger partial charge in [-0.15, -0.1) is 0 Å². The van der Waals surface area contributed by atoms with E-state index in [1.165, 1.54) is 0 Å². The number of hydrogen-bond acceptors (Lipinski definition) is 1. The Morgan fingerprint density at radius 2 is 1.85 bits per heavy atom. The van der Waals surface area contributed by atoms with Gasteiger partial charge in [-0.05, 0) is 32.1 Å². The van der Waals surface area contributed by atoms with Crippen molar-refractivity contribution in [2.75, 3.05) is 0 Å². The highest BCUT2D eigenvalue weighted by atomic mass is 19.3. The minimum absolute atomic E-state index is 0.289. The average Bonchev–Trinajstić information content (AvgIpc) is 2.61. The topological polar surface area (TPSA) is 26.0 Å². The van der Waals surface area contributed by atoms with Gasteiger partial charge in [0.05, 0.1) is 0 Å². The van der Waals surface area contributed by atoms with Crippen molar-refractivity contribution in [2.24, 2.45) is 17.6 Å². The Morgan fingerprint density at radius 1 is 1.38 bits per heavy atom. The highest BCUT2D eigenvalue weighted by Crippen LogP contribution is 2.48. The van der Waals surface area contributed by atoms with Gasteiger partial charge in [0, 0.05) is 11.5 Å². The van der Waals surface area contributed by atoms with Gasteiger partial charge in [-0.2, -0.15) is 0 Å².